The second-order valence-corrected chi connectivity index (χ2v) is 6.28. The Kier molecular flexibility index (Phi) is 6.80. The summed E-state index contributed by atoms with van der Waals surface area (Å²) in [6.45, 7) is 9.51. The van der Waals surface area contributed by atoms with Crippen molar-refractivity contribution < 1.29 is 0 Å². The fourth-order valence-corrected chi connectivity index (χ4v) is 3.19. The lowest BCUT2D eigenvalue weighted by atomic mass is 9.97. The third kappa shape index (κ3) is 3.96. The Morgan fingerprint density at radius 2 is 2.00 bits per heavy atom. The second-order valence-electron chi connectivity index (χ2n) is 6.28. The summed E-state index contributed by atoms with van der Waals surface area (Å²) in [7, 11) is 0. The molecule has 0 saturated heterocycles. The van der Waals surface area contributed by atoms with Gasteiger partial charge in [-0.05, 0) is 49.8 Å². The summed E-state index contributed by atoms with van der Waals surface area (Å²) >= 11 is 0. The van der Waals surface area contributed by atoms with E-state index < -0.39 is 0 Å². The molecule has 3 nitrogen and oxygen atoms in total. The molecule has 0 bridgehead atoms. The molecule has 1 aromatic rings. The van der Waals surface area contributed by atoms with E-state index in [1.165, 1.54) is 16.7 Å². The van der Waals surface area contributed by atoms with E-state index in [1.54, 1.807) is 0 Å². The van der Waals surface area contributed by atoms with Crippen LogP contribution in [0.3, 0.4) is 0 Å². The van der Waals surface area contributed by atoms with E-state index in [2.05, 4.69) is 69.0 Å². The first-order valence-corrected chi connectivity index (χ1v) is 9.20. The van der Waals surface area contributed by atoms with E-state index in [0.717, 1.165) is 43.8 Å². The largest absolute Gasteiger partial charge is 0.341 e. The maximum Gasteiger partial charge on any atom is 0.138 e. The lowest BCUT2D eigenvalue weighted by molar-refractivity contribution is 0.309. The van der Waals surface area contributed by atoms with Gasteiger partial charge in [-0.15, -0.1) is 0 Å². The van der Waals surface area contributed by atoms with Crippen LogP contribution in [0.25, 0.3) is 0 Å². The molecule has 1 heterocycles. The fourth-order valence-electron chi connectivity index (χ4n) is 3.19. The topological polar surface area (TPSA) is 41.6 Å². The molecule has 2 N–H and O–H groups in total. The summed E-state index contributed by atoms with van der Waals surface area (Å²) in [5, 5.41) is 0. The molecule has 1 unspecified atom stereocenters. The normalized spacial score (nSPS) is 16.0. The Labute approximate surface area is 147 Å². The Bertz CT molecular complexity index is 640. The third-order valence-electron chi connectivity index (χ3n) is 4.56. The van der Waals surface area contributed by atoms with Crippen molar-refractivity contribution in [3.63, 3.8) is 0 Å². The van der Waals surface area contributed by atoms with Gasteiger partial charge in [0.05, 0.1) is 11.9 Å². The van der Waals surface area contributed by atoms with Gasteiger partial charge in [0.25, 0.3) is 0 Å². The SMILES string of the molecule is C/C=C\C1=C(CC)Cc2ccccc2C(N(CCC)C(N)CC)=N1. The van der Waals surface area contributed by atoms with Gasteiger partial charge in [0.1, 0.15) is 5.84 Å². The summed E-state index contributed by atoms with van der Waals surface area (Å²) in [5.41, 5.74) is 11.5. The molecule has 0 fully saturated rings. The first-order valence-electron chi connectivity index (χ1n) is 9.20. The van der Waals surface area contributed by atoms with Crippen LogP contribution in [0.1, 0.15) is 58.1 Å². The maximum atomic E-state index is 6.44. The average Bonchev–Trinajstić information content (AvgIpc) is 2.76. The smallest absolute Gasteiger partial charge is 0.138 e. The Morgan fingerprint density at radius 1 is 1.25 bits per heavy atom. The van der Waals surface area contributed by atoms with E-state index >= 15 is 0 Å². The lowest BCUT2D eigenvalue weighted by Crippen LogP contribution is -2.46. The van der Waals surface area contributed by atoms with Gasteiger partial charge >= 0.3 is 0 Å². The molecule has 1 atom stereocenters. The molecule has 0 radical (unpaired) electrons. The maximum absolute atomic E-state index is 6.44. The zero-order valence-electron chi connectivity index (χ0n) is 15.5. The number of aliphatic imine (C=N–C) groups is 1. The number of benzene rings is 1. The van der Waals surface area contributed by atoms with Crippen molar-refractivity contribution in [1.82, 2.24) is 4.90 Å². The van der Waals surface area contributed by atoms with Crippen molar-refractivity contribution in [1.29, 1.82) is 0 Å². The summed E-state index contributed by atoms with van der Waals surface area (Å²) in [6.07, 6.45) is 8.13. The van der Waals surface area contributed by atoms with Crippen molar-refractivity contribution in [3.05, 3.63) is 58.8 Å². The average molecular weight is 326 g/mol. The molecule has 0 amide bonds. The molecule has 0 aliphatic carbocycles. The van der Waals surface area contributed by atoms with Gasteiger partial charge in [-0.25, -0.2) is 4.99 Å². The van der Waals surface area contributed by atoms with Crippen molar-refractivity contribution >= 4 is 5.84 Å². The summed E-state index contributed by atoms with van der Waals surface area (Å²) < 4.78 is 0. The fraction of sp³-hybridized carbons (Fsp3) is 0.476. The Hall–Kier alpha value is -1.87. The zero-order valence-corrected chi connectivity index (χ0v) is 15.5. The van der Waals surface area contributed by atoms with Crippen LogP contribution < -0.4 is 5.73 Å². The first kappa shape index (κ1) is 18.5. The standard InChI is InChI=1S/C21H31N3/c1-5-11-19-16(7-3)15-17-12-9-10-13-18(17)21(23-19)24(14-6-2)20(22)8-4/h5,9-13,20H,6-8,14-15,22H2,1-4H3/b11-5-. The van der Waals surface area contributed by atoms with E-state index in [4.69, 9.17) is 10.7 Å². The molecular weight excluding hydrogens is 294 g/mol. The predicted molar refractivity (Wildman–Crippen MR) is 104 cm³/mol. The van der Waals surface area contributed by atoms with Gasteiger partial charge in [0, 0.05) is 12.1 Å². The van der Waals surface area contributed by atoms with Crippen LogP contribution in [-0.4, -0.2) is 23.4 Å². The van der Waals surface area contributed by atoms with Crippen LogP contribution in [0.5, 0.6) is 0 Å². The predicted octanol–water partition coefficient (Wildman–Crippen LogP) is 4.64. The molecule has 1 aliphatic rings. The Balaban J connectivity index is 2.64. The van der Waals surface area contributed by atoms with Crippen LogP contribution in [0.4, 0.5) is 0 Å². The van der Waals surface area contributed by atoms with Gasteiger partial charge in [-0.1, -0.05) is 51.1 Å². The first-order chi connectivity index (χ1) is 11.7. The van der Waals surface area contributed by atoms with Gasteiger partial charge in [0.15, 0.2) is 0 Å². The minimum Gasteiger partial charge on any atom is -0.341 e. The molecule has 0 aromatic heterocycles. The molecule has 0 spiro atoms. The van der Waals surface area contributed by atoms with Crippen LogP contribution >= 0.6 is 0 Å². The van der Waals surface area contributed by atoms with Gasteiger partial charge in [-0.3, -0.25) is 0 Å². The van der Waals surface area contributed by atoms with Crippen LogP contribution in [0.15, 0.2) is 52.7 Å². The number of fused-ring (bicyclic) bond motifs is 1. The second kappa shape index (κ2) is 8.84. The molecule has 130 valence electrons. The zero-order chi connectivity index (χ0) is 17.5. The highest BCUT2D eigenvalue weighted by atomic mass is 15.3. The molecule has 1 aliphatic heterocycles. The molecule has 0 saturated carbocycles. The molecule has 24 heavy (non-hydrogen) atoms. The minimum absolute atomic E-state index is 0.00760. The summed E-state index contributed by atoms with van der Waals surface area (Å²) in [5.74, 6) is 1.03. The van der Waals surface area contributed by atoms with Crippen molar-refractivity contribution in [3.8, 4) is 0 Å². The van der Waals surface area contributed by atoms with Crippen molar-refractivity contribution in [2.45, 2.75) is 59.5 Å². The monoisotopic (exact) mass is 325 g/mol. The molecule has 2 rings (SSSR count). The number of hydrogen-bond acceptors (Lipinski definition) is 3. The highest BCUT2D eigenvalue weighted by Crippen LogP contribution is 2.27. The number of rotatable bonds is 6. The number of allylic oxidation sites excluding steroid dienone is 3. The highest BCUT2D eigenvalue weighted by molar-refractivity contribution is 6.01. The van der Waals surface area contributed by atoms with Gasteiger partial charge in [-0.2, -0.15) is 0 Å². The lowest BCUT2D eigenvalue weighted by Gasteiger charge is -2.31. The molecular formula is C21H31N3. The highest BCUT2D eigenvalue weighted by Gasteiger charge is 2.23. The van der Waals surface area contributed by atoms with Crippen LogP contribution in [-0.2, 0) is 6.42 Å². The van der Waals surface area contributed by atoms with E-state index in [0.29, 0.717) is 0 Å². The number of amidine groups is 1. The van der Waals surface area contributed by atoms with E-state index in [1.807, 2.05) is 0 Å². The number of nitrogens with zero attached hydrogens (tertiary/aromatic N) is 2. The minimum atomic E-state index is -0.00760. The number of nitrogens with two attached hydrogens (primary N) is 1. The van der Waals surface area contributed by atoms with E-state index in [-0.39, 0.29) is 6.17 Å². The number of hydrogen-bond donors (Lipinski definition) is 1. The van der Waals surface area contributed by atoms with Gasteiger partial charge in [0.2, 0.25) is 0 Å². The van der Waals surface area contributed by atoms with Crippen LogP contribution in [0, 0.1) is 0 Å². The molecule has 3 heteroatoms. The summed E-state index contributed by atoms with van der Waals surface area (Å²) in [6, 6.07) is 8.63. The third-order valence-corrected chi connectivity index (χ3v) is 4.56. The summed E-state index contributed by atoms with van der Waals surface area (Å²) in [4.78, 5) is 7.38. The molecule has 1 aromatic carbocycles. The van der Waals surface area contributed by atoms with Crippen molar-refractivity contribution in [2.24, 2.45) is 10.7 Å². The van der Waals surface area contributed by atoms with Crippen molar-refractivity contribution in [2.75, 3.05) is 6.54 Å². The van der Waals surface area contributed by atoms with E-state index in [9.17, 15) is 0 Å². The Morgan fingerprint density at radius 3 is 2.62 bits per heavy atom. The quantitative estimate of drug-likeness (QED) is 0.774. The van der Waals surface area contributed by atoms with Crippen LogP contribution in [0.2, 0.25) is 0 Å². The van der Waals surface area contributed by atoms with Gasteiger partial charge < -0.3 is 10.6 Å².